The molecule has 11 heteroatoms. The summed E-state index contributed by atoms with van der Waals surface area (Å²) in [7, 11) is 0. The van der Waals surface area contributed by atoms with Gasteiger partial charge in [0.1, 0.15) is 0 Å². The Hall–Kier alpha value is 3.62. The van der Waals surface area contributed by atoms with Gasteiger partial charge in [0.25, 0.3) is 0 Å². The molecule has 0 aromatic carbocycles. The normalized spacial score (nSPS) is 0. The molecule has 0 amide bonds. The Morgan fingerprint density at radius 2 is 0.273 bits per heavy atom. The summed E-state index contributed by atoms with van der Waals surface area (Å²) in [4.78, 5) is 0. The van der Waals surface area contributed by atoms with Crippen molar-refractivity contribution in [3.8, 4) is 0 Å². The SMILES string of the molecule is [AlH3].[AlH3].[AlH3].[N-3].[N-3].[N-3].[N-3].[N-3].[Ta+5].[Ta+5].[Ta+5]. The molecule has 0 spiro atoms. The van der Waals surface area contributed by atoms with Crippen LogP contribution in [0.3, 0.4) is 0 Å². The Morgan fingerprint density at radius 3 is 0.273 bits per heavy atom. The van der Waals surface area contributed by atoms with Gasteiger partial charge in [-0.2, -0.15) is 0 Å². The second-order valence-corrected chi connectivity index (χ2v) is 0. The molecule has 58 valence electrons. The van der Waals surface area contributed by atoms with E-state index in [1.807, 2.05) is 0 Å². The monoisotopic (exact) mass is 703 g/mol. The zero-order valence-corrected chi connectivity index (χ0v) is 13.2. The van der Waals surface area contributed by atoms with E-state index < -0.39 is 0 Å². The van der Waals surface area contributed by atoms with Crippen molar-refractivity contribution >= 4 is 52.1 Å². The molecule has 0 aliphatic rings. The Morgan fingerprint density at radius 1 is 0.273 bits per heavy atom. The van der Waals surface area contributed by atoms with Gasteiger partial charge in [-0.1, -0.05) is 0 Å². The standard InChI is InChI=1S/3Al.5N.3Ta.9H/q;;;5*-3;3*+5;;;;;;;;;. The summed E-state index contributed by atoms with van der Waals surface area (Å²) >= 11 is 0. The first-order valence-corrected chi connectivity index (χ1v) is 0. The summed E-state index contributed by atoms with van der Waals surface area (Å²) in [6.45, 7) is 0. The summed E-state index contributed by atoms with van der Waals surface area (Å²) in [5.74, 6) is 0. The first kappa shape index (κ1) is 207. The van der Waals surface area contributed by atoms with Crippen LogP contribution in [0.2, 0.25) is 0 Å². The van der Waals surface area contributed by atoms with Crippen molar-refractivity contribution in [1.82, 2.24) is 0 Å². The molecule has 0 N–H and O–H groups in total. The van der Waals surface area contributed by atoms with Gasteiger partial charge in [0, 0.05) is 0 Å². The summed E-state index contributed by atoms with van der Waals surface area (Å²) in [6.07, 6.45) is 0. The zero-order chi connectivity index (χ0) is 0. The van der Waals surface area contributed by atoms with Gasteiger partial charge < -0.3 is 30.8 Å². The molecule has 0 rings (SSSR count). The first-order valence-electron chi connectivity index (χ1n) is 0. The van der Waals surface area contributed by atoms with Crippen LogP contribution in [-0.4, -0.2) is 52.1 Å². The molecule has 0 bridgehead atoms. The molecule has 0 heterocycles. The molecule has 0 unspecified atom stereocenters. The number of rotatable bonds is 0. The second kappa shape index (κ2) is 166. The third-order valence-corrected chi connectivity index (χ3v) is 0. The van der Waals surface area contributed by atoms with E-state index in [0.29, 0.717) is 0 Å². The number of nitrogens with zero attached hydrogens (tertiary/aromatic N) is 5. The molecule has 0 saturated carbocycles. The molecule has 0 aromatic rings. The molecule has 0 aliphatic heterocycles. The fourth-order valence-corrected chi connectivity index (χ4v) is 0. The molecule has 0 aromatic heterocycles. The summed E-state index contributed by atoms with van der Waals surface area (Å²) in [6, 6.07) is 0. The Balaban J connectivity index is 0. The van der Waals surface area contributed by atoms with Crippen LogP contribution >= 0.6 is 0 Å². The van der Waals surface area contributed by atoms with Crippen molar-refractivity contribution in [2.24, 2.45) is 0 Å². The van der Waals surface area contributed by atoms with Crippen molar-refractivity contribution in [3.63, 3.8) is 0 Å². The van der Waals surface area contributed by atoms with E-state index in [4.69, 9.17) is 0 Å². The van der Waals surface area contributed by atoms with Crippen LogP contribution in [0.1, 0.15) is 0 Å². The first-order chi connectivity index (χ1) is 0. The van der Waals surface area contributed by atoms with Gasteiger partial charge >= 0.3 is 67.1 Å². The Kier molecular flexibility index (Phi) is 3120. The quantitative estimate of drug-likeness (QED) is 0.254. The van der Waals surface area contributed by atoms with Crippen molar-refractivity contribution in [3.05, 3.63) is 30.8 Å². The molecule has 11 heavy (non-hydrogen) atoms. The maximum absolute atomic E-state index is 0. The van der Waals surface area contributed by atoms with Gasteiger partial charge in [-0.15, -0.1) is 0 Å². The van der Waals surface area contributed by atoms with Crippen LogP contribution in [0.5, 0.6) is 0 Å². The fourth-order valence-electron chi connectivity index (χ4n) is 0. The molecular weight excluding hydrogens is 694 g/mol. The minimum atomic E-state index is 0. The molecule has 0 atom stereocenters. The molecule has 5 nitrogen and oxygen atoms in total. The van der Waals surface area contributed by atoms with Crippen LogP contribution in [0, 0.1) is 0 Å². The second-order valence-electron chi connectivity index (χ2n) is 0. The van der Waals surface area contributed by atoms with Crippen molar-refractivity contribution in [2.45, 2.75) is 0 Å². The number of hydrogen-bond donors (Lipinski definition) is 0. The third kappa shape index (κ3) is 140. The maximum Gasteiger partial charge on any atom is 5.00 e. The summed E-state index contributed by atoms with van der Waals surface area (Å²) in [5.41, 5.74) is 0. The molecule has 0 aliphatic carbocycles. The van der Waals surface area contributed by atoms with E-state index in [0.717, 1.165) is 0 Å². The van der Waals surface area contributed by atoms with Gasteiger partial charge in [0.05, 0.1) is 0 Å². The van der Waals surface area contributed by atoms with Gasteiger partial charge in [0.2, 0.25) is 0 Å². The van der Waals surface area contributed by atoms with Crippen LogP contribution in [0.4, 0.5) is 0 Å². The van der Waals surface area contributed by atoms with E-state index in [1.165, 1.54) is 0 Å². The van der Waals surface area contributed by atoms with Gasteiger partial charge in [-0.05, 0) is 0 Å². The largest absolute Gasteiger partial charge is 5.00 e. The molecular formula is H9Al3N5Ta3. The maximum atomic E-state index is 0. The van der Waals surface area contributed by atoms with Crippen molar-refractivity contribution in [2.75, 3.05) is 0 Å². The average molecular weight is 703 g/mol. The van der Waals surface area contributed by atoms with Gasteiger partial charge in [-0.3, -0.25) is 0 Å². The van der Waals surface area contributed by atoms with Crippen LogP contribution in [0.25, 0.3) is 30.8 Å². The third-order valence-electron chi connectivity index (χ3n) is 0. The van der Waals surface area contributed by atoms with Crippen LogP contribution in [-0.2, 0) is 67.1 Å². The average Bonchev–Trinajstić information content (AvgIpc) is 0. The molecule has 0 radical (unpaired) electrons. The molecule has 0 saturated heterocycles. The van der Waals surface area contributed by atoms with Gasteiger partial charge in [0.15, 0.2) is 52.1 Å². The van der Waals surface area contributed by atoms with E-state index >= 15 is 0 Å². The van der Waals surface area contributed by atoms with Crippen molar-refractivity contribution in [1.29, 1.82) is 0 Å². The Labute approximate surface area is 148 Å². The van der Waals surface area contributed by atoms with Gasteiger partial charge in [-0.25, -0.2) is 0 Å². The van der Waals surface area contributed by atoms with E-state index in [1.54, 1.807) is 0 Å². The molecule has 0 fully saturated rings. The predicted molar refractivity (Wildman–Crippen MR) is 46.6 cm³/mol. The number of hydrogen-bond acceptors (Lipinski definition) is 0. The fraction of sp³-hybridized carbons (Fsp3) is 0. The van der Waals surface area contributed by atoms with E-state index in [2.05, 4.69) is 0 Å². The smallest absolute Gasteiger partial charge is 3.00 e. The minimum absolute atomic E-state index is 0. The van der Waals surface area contributed by atoms with E-state index in [-0.39, 0.29) is 150 Å². The van der Waals surface area contributed by atoms with Crippen molar-refractivity contribution < 1.29 is 67.1 Å². The van der Waals surface area contributed by atoms with E-state index in [9.17, 15) is 0 Å². The zero-order valence-electron chi connectivity index (χ0n) is 3.58. The van der Waals surface area contributed by atoms with Crippen LogP contribution in [0.15, 0.2) is 0 Å². The topological polar surface area (TPSA) is 152 Å². The predicted octanol–water partition coefficient (Wildman–Crippen LogP) is -2.12. The summed E-state index contributed by atoms with van der Waals surface area (Å²) in [5, 5.41) is 0. The Bertz CT molecular complexity index is 16.9. The van der Waals surface area contributed by atoms with Crippen LogP contribution < -0.4 is 0 Å². The summed E-state index contributed by atoms with van der Waals surface area (Å²) < 4.78 is 0. The minimum Gasteiger partial charge on any atom is -3.00 e.